The molecule has 1 aromatic heterocycles. The maximum Gasteiger partial charge on any atom is 0.262 e. The first kappa shape index (κ1) is 15.3. The fraction of sp³-hybridized carbons (Fsp3) is 0.643. The molecule has 1 aromatic rings. The van der Waals surface area contributed by atoms with Crippen molar-refractivity contribution in [2.24, 2.45) is 5.41 Å². The topological polar surface area (TPSA) is 62.3 Å². The molecule has 0 spiro atoms. The van der Waals surface area contributed by atoms with E-state index in [1.54, 1.807) is 16.4 Å². The van der Waals surface area contributed by atoms with Gasteiger partial charge < -0.3 is 5.32 Å². The van der Waals surface area contributed by atoms with Gasteiger partial charge in [0.1, 0.15) is 0 Å². The molecule has 6 heteroatoms. The molecule has 2 rings (SSSR count). The van der Waals surface area contributed by atoms with Gasteiger partial charge in [-0.1, -0.05) is 13.8 Å². The zero-order valence-corrected chi connectivity index (χ0v) is 13.2. The van der Waals surface area contributed by atoms with E-state index in [9.17, 15) is 8.42 Å². The monoisotopic (exact) mass is 297 g/mol. The van der Waals surface area contributed by atoms with Gasteiger partial charge >= 0.3 is 0 Å². The standard InChI is InChI=1S/C14H23N3O2S/c1-4-15-12-6-5-9-16-13(12)20(18,19)17-10-7-14(2,3)8-11-17/h5-6,9,15H,4,7-8,10-11H2,1-3H3. The van der Waals surface area contributed by atoms with Crippen molar-refractivity contribution in [3.05, 3.63) is 18.3 Å². The molecule has 1 aliphatic heterocycles. The van der Waals surface area contributed by atoms with Crippen LogP contribution < -0.4 is 5.32 Å². The van der Waals surface area contributed by atoms with Crippen LogP contribution in [0.3, 0.4) is 0 Å². The number of piperidine rings is 1. The van der Waals surface area contributed by atoms with Crippen molar-refractivity contribution in [2.75, 3.05) is 25.0 Å². The number of hydrogen-bond acceptors (Lipinski definition) is 4. The summed E-state index contributed by atoms with van der Waals surface area (Å²) in [6.07, 6.45) is 3.30. The summed E-state index contributed by atoms with van der Waals surface area (Å²) in [5.74, 6) is 0. The van der Waals surface area contributed by atoms with E-state index < -0.39 is 10.0 Å². The van der Waals surface area contributed by atoms with Crippen LogP contribution in [0.1, 0.15) is 33.6 Å². The zero-order chi connectivity index (χ0) is 14.8. The van der Waals surface area contributed by atoms with Crippen molar-refractivity contribution in [1.29, 1.82) is 0 Å². The fourth-order valence-electron chi connectivity index (χ4n) is 2.38. The van der Waals surface area contributed by atoms with E-state index in [2.05, 4.69) is 24.1 Å². The predicted molar refractivity (Wildman–Crippen MR) is 80.2 cm³/mol. The van der Waals surface area contributed by atoms with E-state index in [1.165, 1.54) is 6.20 Å². The molecule has 0 unspecified atom stereocenters. The summed E-state index contributed by atoms with van der Waals surface area (Å²) in [4.78, 5) is 4.09. The first-order valence-corrected chi connectivity index (χ1v) is 8.50. The minimum Gasteiger partial charge on any atom is -0.383 e. The Kier molecular flexibility index (Phi) is 4.34. The van der Waals surface area contributed by atoms with Gasteiger partial charge in [-0.15, -0.1) is 0 Å². The molecule has 1 saturated heterocycles. The Balaban J connectivity index is 2.27. The van der Waals surface area contributed by atoms with Crippen molar-refractivity contribution in [2.45, 2.75) is 38.6 Å². The number of sulfonamides is 1. The molecule has 0 aliphatic carbocycles. The van der Waals surface area contributed by atoms with E-state index >= 15 is 0 Å². The van der Waals surface area contributed by atoms with E-state index in [1.807, 2.05) is 6.92 Å². The van der Waals surface area contributed by atoms with Crippen LogP contribution in [0.25, 0.3) is 0 Å². The van der Waals surface area contributed by atoms with E-state index in [0.29, 0.717) is 25.3 Å². The summed E-state index contributed by atoms with van der Waals surface area (Å²) >= 11 is 0. The first-order valence-electron chi connectivity index (χ1n) is 7.06. The highest BCUT2D eigenvalue weighted by atomic mass is 32.2. The smallest absolute Gasteiger partial charge is 0.262 e. The molecule has 112 valence electrons. The molecule has 0 saturated carbocycles. The Bertz CT molecular complexity index is 560. The number of pyridine rings is 1. The van der Waals surface area contributed by atoms with E-state index in [4.69, 9.17) is 0 Å². The highest BCUT2D eigenvalue weighted by molar-refractivity contribution is 7.89. The Morgan fingerprint density at radius 1 is 1.35 bits per heavy atom. The van der Waals surface area contributed by atoms with Crippen LogP contribution in [0.4, 0.5) is 5.69 Å². The molecule has 0 radical (unpaired) electrons. The molecule has 0 aromatic carbocycles. The normalized spacial score (nSPS) is 19.8. The highest BCUT2D eigenvalue weighted by Crippen LogP contribution is 2.33. The van der Waals surface area contributed by atoms with Gasteiger partial charge in [-0.2, -0.15) is 4.31 Å². The largest absolute Gasteiger partial charge is 0.383 e. The van der Waals surface area contributed by atoms with Crippen LogP contribution >= 0.6 is 0 Å². The number of nitrogens with one attached hydrogen (secondary N) is 1. The summed E-state index contributed by atoms with van der Waals surface area (Å²) in [6.45, 7) is 8.10. The summed E-state index contributed by atoms with van der Waals surface area (Å²) in [7, 11) is -3.51. The molecule has 5 nitrogen and oxygen atoms in total. The molecular formula is C14H23N3O2S. The SMILES string of the molecule is CCNc1cccnc1S(=O)(=O)N1CCC(C)(C)CC1. The average molecular weight is 297 g/mol. The molecule has 0 bridgehead atoms. The number of anilines is 1. The second-order valence-electron chi connectivity index (χ2n) is 5.95. The van der Waals surface area contributed by atoms with Gasteiger partial charge in [-0.05, 0) is 37.3 Å². The molecule has 20 heavy (non-hydrogen) atoms. The van der Waals surface area contributed by atoms with Gasteiger partial charge in [-0.3, -0.25) is 0 Å². The lowest BCUT2D eigenvalue weighted by Crippen LogP contribution is -2.41. The van der Waals surface area contributed by atoms with Crippen LogP contribution in [0.5, 0.6) is 0 Å². The quantitative estimate of drug-likeness (QED) is 0.926. The molecule has 1 aliphatic rings. The maximum absolute atomic E-state index is 12.7. The molecule has 2 heterocycles. The fourth-order valence-corrected chi connectivity index (χ4v) is 3.90. The summed E-state index contributed by atoms with van der Waals surface area (Å²) in [5.41, 5.74) is 0.806. The minimum atomic E-state index is -3.51. The van der Waals surface area contributed by atoms with Gasteiger partial charge in [0, 0.05) is 25.8 Å². The van der Waals surface area contributed by atoms with Crippen LogP contribution in [0.15, 0.2) is 23.4 Å². The zero-order valence-electron chi connectivity index (χ0n) is 12.4. The van der Waals surface area contributed by atoms with Crippen LogP contribution in [-0.2, 0) is 10.0 Å². The molecular weight excluding hydrogens is 274 g/mol. The van der Waals surface area contributed by atoms with Crippen molar-refractivity contribution >= 4 is 15.7 Å². The summed E-state index contributed by atoms with van der Waals surface area (Å²) in [5, 5.41) is 3.21. The van der Waals surface area contributed by atoms with Gasteiger partial charge in [0.15, 0.2) is 5.03 Å². The van der Waals surface area contributed by atoms with Crippen LogP contribution in [0.2, 0.25) is 0 Å². The first-order chi connectivity index (χ1) is 9.37. The third-order valence-electron chi connectivity index (χ3n) is 3.80. The third-order valence-corrected chi connectivity index (χ3v) is 5.66. The average Bonchev–Trinajstić information content (AvgIpc) is 2.39. The molecule has 1 fully saturated rings. The van der Waals surface area contributed by atoms with Crippen molar-refractivity contribution in [1.82, 2.24) is 9.29 Å². The molecule has 0 atom stereocenters. The number of aromatic nitrogens is 1. The second-order valence-corrected chi connectivity index (χ2v) is 7.81. The summed E-state index contributed by atoms with van der Waals surface area (Å²) < 4.78 is 27.0. The Labute approximate surface area is 121 Å². The number of nitrogens with zero attached hydrogens (tertiary/aromatic N) is 2. The number of hydrogen-bond donors (Lipinski definition) is 1. The van der Waals surface area contributed by atoms with Gasteiger partial charge in [0.25, 0.3) is 10.0 Å². The van der Waals surface area contributed by atoms with E-state index in [0.717, 1.165) is 12.8 Å². The minimum absolute atomic E-state index is 0.140. The molecule has 0 amide bonds. The van der Waals surface area contributed by atoms with Gasteiger partial charge in [-0.25, -0.2) is 13.4 Å². The van der Waals surface area contributed by atoms with Gasteiger partial charge in [0.05, 0.1) is 5.69 Å². The van der Waals surface area contributed by atoms with E-state index in [-0.39, 0.29) is 10.4 Å². The van der Waals surface area contributed by atoms with Crippen molar-refractivity contribution in [3.8, 4) is 0 Å². The predicted octanol–water partition coefficient (Wildman–Crippen LogP) is 2.32. The maximum atomic E-state index is 12.7. The lowest BCUT2D eigenvalue weighted by molar-refractivity contribution is 0.195. The number of rotatable bonds is 4. The van der Waals surface area contributed by atoms with Crippen LogP contribution in [0, 0.1) is 5.41 Å². The van der Waals surface area contributed by atoms with Crippen LogP contribution in [-0.4, -0.2) is 37.3 Å². The Hall–Kier alpha value is -1.14. The summed E-state index contributed by atoms with van der Waals surface area (Å²) in [6, 6.07) is 3.51. The van der Waals surface area contributed by atoms with Crippen molar-refractivity contribution < 1.29 is 8.42 Å². The Morgan fingerprint density at radius 2 is 2.00 bits per heavy atom. The highest BCUT2D eigenvalue weighted by Gasteiger charge is 2.34. The second kappa shape index (κ2) is 5.69. The third kappa shape index (κ3) is 3.12. The lowest BCUT2D eigenvalue weighted by atomic mass is 9.83. The van der Waals surface area contributed by atoms with Crippen molar-refractivity contribution in [3.63, 3.8) is 0 Å². The lowest BCUT2D eigenvalue weighted by Gasteiger charge is -2.36. The molecule has 1 N–H and O–H groups in total. The van der Waals surface area contributed by atoms with Gasteiger partial charge in [0.2, 0.25) is 0 Å². The Morgan fingerprint density at radius 3 is 2.60 bits per heavy atom.